The fourth-order valence-corrected chi connectivity index (χ4v) is 4.59. The highest BCUT2D eigenvalue weighted by Gasteiger charge is 2.52. The summed E-state index contributed by atoms with van der Waals surface area (Å²) in [5.74, 6) is 0. The minimum absolute atomic E-state index is 0.665. The van der Waals surface area contributed by atoms with Gasteiger partial charge in [0.2, 0.25) is 0 Å². The van der Waals surface area contributed by atoms with Crippen molar-refractivity contribution >= 4 is 0 Å². The predicted octanol–water partition coefficient (Wildman–Crippen LogP) is -8.83. The van der Waals surface area contributed by atoms with E-state index in [2.05, 4.69) is 0 Å². The summed E-state index contributed by atoms with van der Waals surface area (Å²) >= 11 is 0. The highest BCUT2D eigenvalue weighted by Crippen LogP contribution is 2.30. The van der Waals surface area contributed by atoms with Crippen molar-refractivity contribution in [3.8, 4) is 0 Å². The lowest BCUT2D eigenvalue weighted by Crippen LogP contribution is -2.65. The molecular weight excluding hydrogens is 568 g/mol. The van der Waals surface area contributed by atoms with Gasteiger partial charge in [-0.15, -0.1) is 0 Å². The van der Waals surface area contributed by atoms with Crippen molar-refractivity contribution in [2.24, 2.45) is 0 Å². The first kappa shape index (κ1) is 34.7. The van der Waals surface area contributed by atoms with Crippen LogP contribution >= 0.6 is 0 Å². The molecule has 3 aliphatic rings. The van der Waals surface area contributed by atoms with Gasteiger partial charge in [-0.3, -0.25) is 0 Å². The van der Waals surface area contributed by atoms with Crippen LogP contribution in [-0.2, 0) is 28.4 Å². The Morgan fingerprint density at radius 3 is 1.61 bits per heavy atom. The summed E-state index contributed by atoms with van der Waals surface area (Å²) < 4.78 is 32.2. The monoisotopic (exact) mass is 608 g/mol. The maximum absolute atomic E-state index is 10.7. The summed E-state index contributed by atoms with van der Waals surface area (Å²) in [6.07, 6.45) is -28.6. The average molecular weight is 609 g/mol. The van der Waals surface area contributed by atoms with Crippen LogP contribution in [0.25, 0.3) is 0 Å². The first-order chi connectivity index (χ1) is 19.4. The van der Waals surface area contributed by atoms with Crippen LogP contribution in [0.4, 0.5) is 0 Å². The Labute approximate surface area is 232 Å². The number of aliphatic hydroxyl groups is 13. The normalized spacial score (nSPS) is 47.2. The Morgan fingerprint density at radius 1 is 0.537 bits per heavy atom. The molecule has 3 fully saturated rings. The lowest BCUT2D eigenvalue weighted by atomic mass is 9.97. The van der Waals surface area contributed by atoms with Gasteiger partial charge in [0.05, 0.1) is 33.0 Å². The van der Waals surface area contributed by atoms with Crippen LogP contribution in [0.1, 0.15) is 0 Å². The minimum Gasteiger partial charge on any atom is -0.394 e. The van der Waals surface area contributed by atoms with Gasteiger partial charge in [0, 0.05) is 0 Å². The van der Waals surface area contributed by atoms with Crippen molar-refractivity contribution in [2.45, 2.75) is 104 Å². The van der Waals surface area contributed by atoms with Gasteiger partial charge in [-0.1, -0.05) is 0 Å². The summed E-state index contributed by atoms with van der Waals surface area (Å²) in [5, 5.41) is 129. The zero-order chi connectivity index (χ0) is 30.6. The van der Waals surface area contributed by atoms with Crippen LogP contribution in [0, 0.1) is 0 Å². The fraction of sp³-hybridized carbons (Fsp3) is 1.00. The van der Waals surface area contributed by atoms with Gasteiger partial charge >= 0.3 is 0 Å². The molecule has 0 amide bonds. The van der Waals surface area contributed by atoms with E-state index < -0.39 is 137 Å². The summed E-state index contributed by atoms with van der Waals surface area (Å²) in [4.78, 5) is 0. The van der Waals surface area contributed by atoms with Crippen LogP contribution in [-0.4, -0.2) is 204 Å². The molecule has 0 unspecified atom stereocenters. The molecule has 242 valence electrons. The Bertz CT molecular complexity index is 775. The van der Waals surface area contributed by atoms with E-state index in [1.807, 2.05) is 0 Å². The number of aliphatic hydroxyl groups excluding tert-OH is 13. The van der Waals surface area contributed by atoms with Crippen molar-refractivity contribution in [1.29, 1.82) is 0 Å². The van der Waals surface area contributed by atoms with Crippen molar-refractivity contribution in [2.75, 3.05) is 33.0 Å². The highest BCUT2D eigenvalue weighted by molar-refractivity contribution is 4.95. The van der Waals surface area contributed by atoms with Gasteiger partial charge in [0.15, 0.2) is 18.9 Å². The molecule has 19 heteroatoms. The second kappa shape index (κ2) is 15.3. The fourth-order valence-electron chi connectivity index (χ4n) is 4.59. The Kier molecular flexibility index (Phi) is 13.0. The van der Waals surface area contributed by atoms with Gasteiger partial charge in [0.25, 0.3) is 0 Å². The SMILES string of the molecule is OC[C@@H](O)[C@H](CO)O[C@H]1O[C@H](CO[C@H]2O[C@H](CO)[C@@H](O[C@@H]3O[C@H](CO)[C@H](O)[C@H](O)[C@H]3O)[C@H](O)[C@H]2O)[C@@H](O)[C@H](O)[C@H]1O. The van der Waals surface area contributed by atoms with Crippen LogP contribution in [0.2, 0.25) is 0 Å². The van der Waals surface area contributed by atoms with Crippen molar-refractivity contribution < 1.29 is 94.8 Å². The quantitative estimate of drug-likeness (QED) is 0.0977. The van der Waals surface area contributed by atoms with E-state index in [1.165, 1.54) is 0 Å². The lowest BCUT2D eigenvalue weighted by Gasteiger charge is -2.46. The topological polar surface area (TPSA) is 318 Å². The zero-order valence-corrected chi connectivity index (χ0v) is 21.6. The molecule has 0 aromatic heterocycles. The maximum atomic E-state index is 10.7. The molecule has 41 heavy (non-hydrogen) atoms. The maximum Gasteiger partial charge on any atom is 0.187 e. The van der Waals surface area contributed by atoms with Gasteiger partial charge in [-0.25, -0.2) is 0 Å². The van der Waals surface area contributed by atoms with Crippen LogP contribution in [0.3, 0.4) is 0 Å². The average Bonchev–Trinajstić information content (AvgIpc) is 2.97. The zero-order valence-electron chi connectivity index (χ0n) is 21.6. The first-order valence-corrected chi connectivity index (χ1v) is 12.8. The molecule has 3 rings (SSSR count). The number of ether oxygens (including phenoxy) is 6. The molecule has 0 aliphatic carbocycles. The molecule has 3 aliphatic heterocycles. The smallest absolute Gasteiger partial charge is 0.187 e. The molecule has 19 nitrogen and oxygen atoms in total. The van der Waals surface area contributed by atoms with Crippen molar-refractivity contribution in [3.05, 3.63) is 0 Å². The Balaban J connectivity index is 1.64. The third-order valence-electron chi connectivity index (χ3n) is 7.16. The lowest BCUT2D eigenvalue weighted by molar-refractivity contribution is -0.365. The van der Waals surface area contributed by atoms with E-state index in [0.717, 1.165) is 0 Å². The summed E-state index contributed by atoms with van der Waals surface area (Å²) in [5.41, 5.74) is 0. The van der Waals surface area contributed by atoms with Crippen molar-refractivity contribution in [1.82, 2.24) is 0 Å². The van der Waals surface area contributed by atoms with E-state index >= 15 is 0 Å². The highest BCUT2D eigenvalue weighted by atomic mass is 16.8. The largest absolute Gasteiger partial charge is 0.394 e. The van der Waals surface area contributed by atoms with Crippen LogP contribution in [0.5, 0.6) is 0 Å². The van der Waals surface area contributed by atoms with E-state index in [4.69, 9.17) is 33.5 Å². The van der Waals surface area contributed by atoms with Gasteiger partial charge in [-0.05, 0) is 0 Å². The summed E-state index contributed by atoms with van der Waals surface area (Å²) in [6, 6.07) is 0. The van der Waals surface area contributed by atoms with Gasteiger partial charge in [0.1, 0.15) is 85.5 Å². The molecule has 3 heterocycles. The molecule has 17 atom stereocenters. The predicted molar refractivity (Wildman–Crippen MR) is 124 cm³/mol. The molecule has 13 N–H and O–H groups in total. The van der Waals surface area contributed by atoms with E-state index in [0.29, 0.717) is 0 Å². The molecular formula is C22H40O19. The van der Waals surface area contributed by atoms with Crippen molar-refractivity contribution in [3.63, 3.8) is 0 Å². The molecule has 0 aromatic carbocycles. The molecule has 0 bridgehead atoms. The van der Waals surface area contributed by atoms with Crippen LogP contribution < -0.4 is 0 Å². The number of hydrogen-bond acceptors (Lipinski definition) is 19. The minimum atomic E-state index is -1.89. The van der Waals surface area contributed by atoms with E-state index in [9.17, 15) is 61.3 Å². The molecule has 0 saturated carbocycles. The number of hydrogen-bond donors (Lipinski definition) is 13. The summed E-state index contributed by atoms with van der Waals surface area (Å²) in [7, 11) is 0. The van der Waals surface area contributed by atoms with Gasteiger partial charge < -0.3 is 94.8 Å². The molecule has 0 aromatic rings. The van der Waals surface area contributed by atoms with E-state index in [1.54, 1.807) is 0 Å². The van der Waals surface area contributed by atoms with Gasteiger partial charge in [-0.2, -0.15) is 0 Å². The third-order valence-corrected chi connectivity index (χ3v) is 7.16. The second-order valence-corrected chi connectivity index (χ2v) is 9.96. The standard InChI is InChI=1S/C22H40O19/c23-1-6(27)7(2-24)37-21-16(33)14(31)12(29)10(40-21)5-36-20-18(35)15(32)19(9(4-26)39-20)41-22-17(34)13(30)11(28)8(3-25)38-22/h6-35H,1-5H2/t6-,7+,8-,9-,10-,11+,12-,13+,14+,15-,16-,17-,18-,19-,20+,21+,22+/m1/s1. The Hall–Kier alpha value is -0.760. The second-order valence-electron chi connectivity index (χ2n) is 9.96. The van der Waals surface area contributed by atoms with Crippen LogP contribution in [0.15, 0.2) is 0 Å². The molecule has 0 radical (unpaired) electrons. The third kappa shape index (κ3) is 7.67. The summed E-state index contributed by atoms with van der Waals surface area (Å²) in [6.45, 7) is -3.86. The number of rotatable bonds is 12. The van der Waals surface area contributed by atoms with E-state index in [-0.39, 0.29) is 0 Å². The molecule has 0 spiro atoms. The Morgan fingerprint density at radius 2 is 1.05 bits per heavy atom. The molecule has 3 saturated heterocycles. The first-order valence-electron chi connectivity index (χ1n) is 12.8.